The van der Waals surface area contributed by atoms with E-state index in [0.29, 0.717) is 0 Å². The molecule has 0 radical (unpaired) electrons. The molecule has 2 atom stereocenters. The molecule has 15 heavy (non-hydrogen) atoms. The second kappa shape index (κ2) is 6.15. The zero-order valence-electron chi connectivity index (χ0n) is 10.1. The van der Waals surface area contributed by atoms with Gasteiger partial charge in [0.25, 0.3) is 0 Å². The van der Waals surface area contributed by atoms with E-state index in [2.05, 4.69) is 24.1 Å². The molecule has 1 saturated carbocycles. The average molecular weight is 208 g/mol. The summed E-state index contributed by atoms with van der Waals surface area (Å²) in [5.74, 6) is 6.85. The third-order valence-corrected chi connectivity index (χ3v) is 3.59. The SMILES string of the molecule is CC#CCNC1(CN)CCCC(C)CC1. The number of hydrogen-bond donors (Lipinski definition) is 2. The lowest BCUT2D eigenvalue weighted by molar-refractivity contribution is 0.302. The Morgan fingerprint density at radius 3 is 2.87 bits per heavy atom. The molecule has 0 saturated heterocycles. The Morgan fingerprint density at radius 2 is 2.20 bits per heavy atom. The molecule has 3 N–H and O–H groups in total. The minimum Gasteiger partial charge on any atom is -0.329 e. The molecule has 2 heteroatoms. The van der Waals surface area contributed by atoms with Crippen molar-refractivity contribution < 1.29 is 0 Å². The standard InChI is InChI=1S/C13H24N2/c1-3-4-10-15-13(11-14)8-5-6-12(2)7-9-13/h12,15H,5-11,14H2,1-2H3. The fraction of sp³-hybridized carbons (Fsp3) is 0.846. The largest absolute Gasteiger partial charge is 0.329 e. The Kier molecular flexibility index (Phi) is 5.14. The summed E-state index contributed by atoms with van der Waals surface area (Å²) in [4.78, 5) is 0. The van der Waals surface area contributed by atoms with Crippen LogP contribution in [0.15, 0.2) is 0 Å². The van der Waals surface area contributed by atoms with Gasteiger partial charge in [0.1, 0.15) is 0 Å². The first-order valence-electron chi connectivity index (χ1n) is 6.07. The number of rotatable bonds is 3. The van der Waals surface area contributed by atoms with Gasteiger partial charge in [-0.05, 0) is 32.1 Å². The molecular formula is C13H24N2. The predicted octanol–water partition coefficient (Wildman–Crippen LogP) is 1.90. The smallest absolute Gasteiger partial charge is 0.0581 e. The molecule has 0 spiro atoms. The van der Waals surface area contributed by atoms with E-state index in [0.717, 1.165) is 19.0 Å². The van der Waals surface area contributed by atoms with Crippen LogP contribution in [0.1, 0.15) is 46.0 Å². The summed E-state index contributed by atoms with van der Waals surface area (Å²) in [5, 5.41) is 3.55. The van der Waals surface area contributed by atoms with Crippen molar-refractivity contribution in [3.8, 4) is 11.8 Å². The predicted molar refractivity (Wildman–Crippen MR) is 65.5 cm³/mol. The van der Waals surface area contributed by atoms with Gasteiger partial charge >= 0.3 is 0 Å². The summed E-state index contributed by atoms with van der Waals surface area (Å²) in [6.07, 6.45) is 6.35. The van der Waals surface area contributed by atoms with Gasteiger partial charge in [0.15, 0.2) is 0 Å². The van der Waals surface area contributed by atoms with Gasteiger partial charge in [0.2, 0.25) is 0 Å². The normalized spacial score (nSPS) is 31.5. The van der Waals surface area contributed by atoms with Crippen molar-refractivity contribution in [2.24, 2.45) is 11.7 Å². The first-order chi connectivity index (χ1) is 7.22. The first kappa shape index (κ1) is 12.5. The molecular weight excluding hydrogens is 184 g/mol. The number of nitrogens with one attached hydrogen (secondary N) is 1. The van der Waals surface area contributed by atoms with E-state index in [1.54, 1.807) is 0 Å². The Bertz CT molecular complexity index is 239. The molecule has 0 aliphatic heterocycles. The van der Waals surface area contributed by atoms with E-state index in [1.165, 1.54) is 32.1 Å². The van der Waals surface area contributed by atoms with E-state index < -0.39 is 0 Å². The highest BCUT2D eigenvalue weighted by Gasteiger charge is 2.29. The van der Waals surface area contributed by atoms with E-state index >= 15 is 0 Å². The summed E-state index contributed by atoms with van der Waals surface area (Å²) in [7, 11) is 0. The minimum absolute atomic E-state index is 0.161. The summed E-state index contributed by atoms with van der Waals surface area (Å²) in [6.45, 7) is 5.75. The quantitative estimate of drug-likeness (QED) is 0.549. The highest BCUT2D eigenvalue weighted by atomic mass is 15.0. The molecule has 0 amide bonds. The van der Waals surface area contributed by atoms with E-state index in [-0.39, 0.29) is 5.54 Å². The van der Waals surface area contributed by atoms with Gasteiger partial charge in [0, 0.05) is 12.1 Å². The molecule has 2 unspecified atom stereocenters. The maximum atomic E-state index is 5.92. The van der Waals surface area contributed by atoms with Crippen LogP contribution in [0.5, 0.6) is 0 Å². The van der Waals surface area contributed by atoms with E-state index in [4.69, 9.17) is 5.73 Å². The van der Waals surface area contributed by atoms with Crippen LogP contribution in [-0.2, 0) is 0 Å². The van der Waals surface area contributed by atoms with Gasteiger partial charge in [-0.15, -0.1) is 5.92 Å². The maximum absolute atomic E-state index is 5.92. The second-order valence-electron chi connectivity index (χ2n) is 4.80. The van der Waals surface area contributed by atoms with Crippen LogP contribution in [0.3, 0.4) is 0 Å². The van der Waals surface area contributed by atoms with Gasteiger partial charge in [-0.2, -0.15) is 0 Å². The fourth-order valence-electron chi connectivity index (χ4n) is 2.35. The Labute approximate surface area is 94.0 Å². The highest BCUT2D eigenvalue weighted by Crippen LogP contribution is 2.29. The lowest BCUT2D eigenvalue weighted by Gasteiger charge is -2.32. The van der Waals surface area contributed by atoms with E-state index in [9.17, 15) is 0 Å². The minimum atomic E-state index is 0.161. The van der Waals surface area contributed by atoms with Crippen molar-refractivity contribution in [1.29, 1.82) is 0 Å². The lowest BCUT2D eigenvalue weighted by Crippen LogP contribution is -2.51. The van der Waals surface area contributed by atoms with Crippen LogP contribution in [-0.4, -0.2) is 18.6 Å². The van der Waals surface area contributed by atoms with Crippen molar-refractivity contribution in [3.63, 3.8) is 0 Å². The fourth-order valence-corrected chi connectivity index (χ4v) is 2.35. The van der Waals surface area contributed by atoms with Crippen molar-refractivity contribution >= 4 is 0 Å². The zero-order valence-corrected chi connectivity index (χ0v) is 10.1. The third kappa shape index (κ3) is 3.85. The molecule has 1 aliphatic carbocycles. The molecule has 0 bridgehead atoms. The lowest BCUT2D eigenvalue weighted by atomic mass is 9.90. The van der Waals surface area contributed by atoms with Gasteiger partial charge in [0.05, 0.1) is 6.54 Å². The highest BCUT2D eigenvalue weighted by molar-refractivity contribution is 5.01. The molecule has 0 aromatic carbocycles. The maximum Gasteiger partial charge on any atom is 0.0581 e. The number of hydrogen-bond acceptors (Lipinski definition) is 2. The van der Waals surface area contributed by atoms with Crippen molar-refractivity contribution in [2.45, 2.75) is 51.5 Å². The van der Waals surface area contributed by atoms with Crippen molar-refractivity contribution in [1.82, 2.24) is 5.32 Å². The molecule has 1 rings (SSSR count). The summed E-state index contributed by atoms with van der Waals surface area (Å²) >= 11 is 0. The first-order valence-corrected chi connectivity index (χ1v) is 6.07. The topological polar surface area (TPSA) is 38.0 Å². The van der Waals surface area contributed by atoms with Crippen LogP contribution in [0.25, 0.3) is 0 Å². The summed E-state index contributed by atoms with van der Waals surface area (Å²) in [5.41, 5.74) is 6.09. The molecule has 86 valence electrons. The summed E-state index contributed by atoms with van der Waals surface area (Å²) in [6, 6.07) is 0. The third-order valence-electron chi connectivity index (χ3n) is 3.59. The molecule has 1 fully saturated rings. The van der Waals surface area contributed by atoms with Gasteiger partial charge in [-0.25, -0.2) is 0 Å². The van der Waals surface area contributed by atoms with Gasteiger partial charge < -0.3 is 5.73 Å². The van der Waals surface area contributed by atoms with Crippen LogP contribution in [0.4, 0.5) is 0 Å². The van der Waals surface area contributed by atoms with Crippen molar-refractivity contribution in [2.75, 3.05) is 13.1 Å². The molecule has 0 aromatic rings. The molecule has 2 nitrogen and oxygen atoms in total. The second-order valence-corrected chi connectivity index (χ2v) is 4.80. The molecule has 1 aliphatic rings. The van der Waals surface area contributed by atoms with Gasteiger partial charge in [-0.3, -0.25) is 5.32 Å². The van der Waals surface area contributed by atoms with Crippen LogP contribution in [0, 0.1) is 17.8 Å². The van der Waals surface area contributed by atoms with Crippen LogP contribution in [0.2, 0.25) is 0 Å². The zero-order chi connectivity index (χ0) is 11.1. The van der Waals surface area contributed by atoms with Crippen LogP contribution >= 0.6 is 0 Å². The Morgan fingerprint density at radius 1 is 1.40 bits per heavy atom. The molecule has 0 heterocycles. The molecule has 0 aromatic heterocycles. The van der Waals surface area contributed by atoms with Crippen LogP contribution < -0.4 is 11.1 Å². The Balaban J connectivity index is 2.52. The average Bonchev–Trinajstić information content (AvgIpc) is 2.42. The van der Waals surface area contributed by atoms with Crippen molar-refractivity contribution in [3.05, 3.63) is 0 Å². The Hall–Kier alpha value is -0.520. The number of nitrogens with two attached hydrogens (primary N) is 1. The summed E-state index contributed by atoms with van der Waals surface area (Å²) < 4.78 is 0. The monoisotopic (exact) mass is 208 g/mol. The van der Waals surface area contributed by atoms with E-state index in [1.807, 2.05) is 6.92 Å². The van der Waals surface area contributed by atoms with Gasteiger partial charge in [-0.1, -0.05) is 25.7 Å².